The second-order valence-corrected chi connectivity index (χ2v) is 26.7. The SMILES string of the molecule is C.C.CC(F)(F)c1cccc(C(=O)Nc2cccc(Oc3cccnc3)c2)c1.CC(F)(F)c1cccc(C(=O)Nc2cccc(Oc3cccnc3)c2)n1.COc1cccc(C(=O)Nc2cccc(Oc3cccnc3)c2)c1.Cc1cccc(C(=O)Nc2cccc(Oc3cncc(C(F)(F)F)c3)c2)c1.O=C(Nc1cccc(Oc2cccnc2)c1)c1ccccn1. The van der Waals surface area contributed by atoms with Crippen LogP contribution in [0.5, 0.6) is 63.2 Å². The van der Waals surface area contributed by atoms with Crippen molar-refractivity contribution >= 4 is 58.0 Å². The number of aromatic nitrogens is 7. The van der Waals surface area contributed by atoms with Crippen LogP contribution >= 0.6 is 0 Å². The Morgan fingerprint density at radius 1 is 0.291 bits per heavy atom. The number of halogens is 7. The lowest BCUT2D eigenvalue weighted by Gasteiger charge is -2.12. The van der Waals surface area contributed by atoms with Crippen LogP contribution in [-0.4, -0.2) is 71.5 Å². The molecule has 0 unspecified atom stereocenters. The molecule has 0 saturated heterocycles. The van der Waals surface area contributed by atoms with E-state index >= 15 is 0 Å². The van der Waals surface area contributed by atoms with Gasteiger partial charge in [-0.25, -0.2) is 13.8 Å². The predicted octanol–water partition coefficient (Wildman–Crippen LogP) is 24.3. The fourth-order valence-electron chi connectivity index (χ4n) is 10.9. The van der Waals surface area contributed by atoms with Crippen LogP contribution in [0.4, 0.5) is 59.2 Å². The Balaban J connectivity index is 0.000000179. The number of carbonyl (C=O) groups is 5. The quantitative estimate of drug-likeness (QED) is 0.0372. The molecule has 15 rings (SSSR count). The summed E-state index contributed by atoms with van der Waals surface area (Å²) in [6.45, 7) is 3.41. The summed E-state index contributed by atoms with van der Waals surface area (Å²) in [6.07, 6.45) is 12.0. The number of carbonyl (C=O) groups excluding carboxylic acids is 5. The van der Waals surface area contributed by atoms with Crippen molar-refractivity contribution in [1.29, 1.82) is 0 Å². The van der Waals surface area contributed by atoms with Gasteiger partial charge in [0.05, 0.1) is 43.7 Å². The molecule has 7 heterocycles. The number of benzene rings is 8. The number of ether oxygens (including phenoxy) is 6. The zero-order valence-corrected chi connectivity index (χ0v) is 66.8. The summed E-state index contributed by atoms with van der Waals surface area (Å²) in [5.74, 6) is -2.47. The van der Waals surface area contributed by atoms with Crippen LogP contribution in [0.25, 0.3) is 0 Å². The number of hydrogen-bond donors (Lipinski definition) is 5. The maximum atomic E-state index is 13.4. The second kappa shape index (κ2) is 45.9. The Labute approximate surface area is 726 Å². The van der Waals surface area contributed by atoms with Crippen molar-refractivity contribution in [1.82, 2.24) is 34.9 Å². The van der Waals surface area contributed by atoms with E-state index in [-0.39, 0.29) is 60.9 Å². The Hall–Kier alpha value is -16.5. The molecule has 8 aromatic carbocycles. The van der Waals surface area contributed by atoms with E-state index < -0.39 is 41.1 Å². The normalized spacial score (nSPS) is 10.5. The van der Waals surface area contributed by atoms with Crippen molar-refractivity contribution in [2.45, 2.75) is 53.6 Å². The van der Waals surface area contributed by atoms with Crippen molar-refractivity contribution in [3.63, 3.8) is 0 Å². The molecule has 0 fully saturated rings. The second-order valence-electron chi connectivity index (χ2n) is 26.7. The van der Waals surface area contributed by atoms with Gasteiger partial charge in [0.2, 0.25) is 0 Å². The maximum Gasteiger partial charge on any atom is 0.418 e. The van der Waals surface area contributed by atoms with Crippen molar-refractivity contribution < 1.29 is 83.1 Å². The van der Waals surface area contributed by atoms with Gasteiger partial charge in [0.15, 0.2) is 0 Å². The van der Waals surface area contributed by atoms with E-state index in [1.54, 1.807) is 257 Å². The molecular weight excluding hydrogens is 1640 g/mol. The standard InChI is InChI=1S/C20H15F3N2O2.C20H16F2N2O2.C19H15F2N3O2.C19H16N2O3.C17H13N3O2.2CH4/c1-13-4-2-5-14(8-13)19(26)25-16-6-3-7-17(10-16)27-18-9-15(11-24-12-18)20(21,22)23;1-20(21,22)15-6-2-5-14(11-15)19(25)24-16-7-3-8-17(12-16)26-18-9-4-10-23-13-18;1-19(20,21)17-9-3-8-16(24-17)18(25)23-13-5-2-6-14(11-13)26-15-7-4-10-22-12-15;1-23-16-7-2-5-14(11-16)19(22)21-15-6-3-8-17(12-15)24-18-9-4-10-20-13-18;21-17(16-8-1-2-10-19-16)20-13-5-3-6-14(11-13)22-15-7-4-9-18-12-15;;/h2-12H,1H3,(H,25,26);2-13H,1H3,(H,24,25);2-12H,1H3,(H,23,25);2-13H,1H3,(H,21,22);1-12H,(H,20,21);2*1H4. The first kappa shape index (κ1) is 94.3. The minimum atomic E-state index is -4.50. The van der Waals surface area contributed by atoms with Gasteiger partial charge in [-0.3, -0.25) is 53.9 Å². The van der Waals surface area contributed by atoms with E-state index in [9.17, 15) is 54.7 Å². The third-order valence-electron chi connectivity index (χ3n) is 16.8. The number of methoxy groups -OCH3 is 1. The number of alkyl halides is 7. The summed E-state index contributed by atoms with van der Waals surface area (Å²) in [7, 11) is 1.57. The van der Waals surface area contributed by atoms with Gasteiger partial charge in [0.1, 0.15) is 80.3 Å². The lowest BCUT2D eigenvalue weighted by atomic mass is 10.1. The van der Waals surface area contributed by atoms with Crippen molar-refractivity contribution in [2.24, 2.45) is 0 Å². The minimum absolute atomic E-state index is 0. The van der Waals surface area contributed by atoms with Gasteiger partial charge in [-0.15, -0.1) is 0 Å². The summed E-state index contributed by atoms with van der Waals surface area (Å²) in [4.78, 5) is 88.5. The van der Waals surface area contributed by atoms with E-state index in [2.05, 4.69) is 61.5 Å². The third-order valence-corrected chi connectivity index (χ3v) is 16.8. The molecule has 0 spiro atoms. The van der Waals surface area contributed by atoms with Gasteiger partial charge < -0.3 is 55.0 Å². The average Bonchev–Trinajstić information content (AvgIpc) is 0.841. The van der Waals surface area contributed by atoms with E-state index in [4.69, 9.17) is 28.4 Å². The molecule has 0 aliphatic rings. The van der Waals surface area contributed by atoms with Crippen molar-refractivity contribution in [3.05, 3.63) is 404 Å². The Bertz CT molecular complexity index is 5960. The molecular formula is C97H83F7N12O11. The molecule has 0 aliphatic heterocycles. The summed E-state index contributed by atoms with van der Waals surface area (Å²) in [5, 5.41) is 13.7. The molecule has 127 heavy (non-hydrogen) atoms. The number of aryl methyl sites for hydroxylation is 1. The molecule has 30 heteroatoms. The molecule has 7 aromatic heterocycles. The van der Waals surface area contributed by atoms with Gasteiger partial charge in [-0.05, 0) is 189 Å². The van der Waals surface area contributed by atoms with Gasteiger partial charge in [0, 0.05) is 132 Å². The van der Waals surface area contributed by atoms with Crippen LogP contribution in [0.15, 0.2) is 353 Å². The zero-order chi connectivity index (χ0) is 88.6. The largest absolute Gasteiger partial charge is 0.497 e. The number of nitrogens with zero attached hydrogens (tertiary/aromatic N) is 7. The molecule has 0 radical (unpaired) electrons. The smallest absolute Gasteiger partial charge is 0.418 e. The molecule has 646 valence electrons. The first-order valence-corrected chi connectivity index (χ1v) is 37.7. The Morgan fingerprint density at radius 2 is 0.638 bits per heavy atom. The number of amides is 5. The summed E-state index contributed by atoms with van der Waals surface area (Å²) >= 11 is 0. The Kier molecular flexibility index (Phi) is 34.1. The number of pyridine rings is 7. The summed E-state index contributed by atoms with van der Waals surface area (Å²) in [5.41, 5.74) is 3.51. The van der Waals surface area contributed by atoms with E-state index in [0.717, 1.165) is 31.7 Å². The van der Waals surface area contributed by atoms with Crippen LogP contribution in [0.3, 0.4) is 0 Å². The van der Waals surface area contributed by atoms with Gasteiger partial charge in [-0.2, -0.15) is 22.0 Å². The van der Waals surface area contributed by atoms with Crippen molar-refractivity contribution in [3.8, 4) is 63.2 Å². The van der Waals surface area contributed by atoms with Gasteiger partial charge in [0.25, 0.3) is 41.4 Å². The van der Waals surface area contributed by atoms with Crippen LogP contribution < -0.4 is 55.0 Å². The summed E-state index contributed by atoms with van der Waals surface area (Å²) in [6, 6.07) is 77.9. The van der Waals surface area contributed by atoms with E-state index in [0.29, 0.717) is 97.0 Å². The minimum Gasteiger partial charge on any atom is -0.497 e. The molecule has 5 amide bonds. The number of hydrogen-bond acceptors (Lipinski definition) is 18. The fraction of sp³-hybridized carbons (Fsp3) is 0.0928. The molecule has 0 bridgehead atoms. The first-order chi connectivity index (χ1) is 60.2. The zero-order valence-electron chi connectivity index (χ0n) is 66.8. The number of anilines is 5. The van der Waals surface area contributed by atoms with Gasteiger partial charge >= 0.3 is 6.18 Å². The highest BCUT2D eigenvalue weighted by Gasteiger charge is 2.32. The van der Waals surface area contributed by atoms with E-state index in [1.165, 1.54) is 54.7 Å². The molecule has 0 atom stereocenters. The molecule has 0 saturated carbocycles. The fourth-order valence-corrected chi connectivity index (χ4v) is 10.9. The van der Waals surface area contributed by atoms with Crippen molar-refractivity contribution in [2.75, 3.05) is 33.7 Å². The molecule has 15 aromatic rings. The molecule has 0 aliphatic carbocycles. The molecule has 5 N–H and O–H groups in total. The highest BCUT2D eigenvalue weighted by Crippen LogP contribution is 2.35. The van der Waals surface area contributed by atoms with Crippen LogP contribution in [0, 0.1) is 6.92 Å². The van der Waals surface area contributed by atoms with E-state index in [1.807, 2.05) is 43.3 Å². The summed E-state index contributed by atoms with van der Waals surface area (Å²) < 4.78 is 125. The molecule has 23 nitrogen and oxygen atoms in total. The van der Waals surface area contributed by atoms with Gasteiger partial charge in [-0.1, -0.05) is 93.2 Å². The first-order valence-electron chi connectivity index (χ1n) is 37.7. The number of nitrogens with one attached hydrogen (secondary N) is 5. The highest BCUT2D eigenvalue weighted by molar-refractivity contribution is 6.06. The Morgan fingerprint density at radius 3 is 1.02 bits per heavy atom. The lowest BCUT2D eigenvalue weighted by molar-refractivity contribution is -0.138. The lowest BCUT2D eigenvalue weighted by Crippen LogP contribution is -2.17. The number of rotatable bonds is 23. The van der Waals surface area contributed by atoms with Crippen LogP contribution in [0.2, 0.25) is 0 Å². The predicted molar refractivity (Wildman–Crippen MR) is 470 cm³/mol. The average molecular weight is 1730 g/mol. The third kappa shape index (κ3) is 30.5. The monoisotopic (exact) mass is 1720 g/mol. The van der Waals surface area contributed by atoms with Crippen LogP contribution in [-0.2, 0) is 18.0 Å². The van der Waals surface area contributed by atoms with Crippen LogP contribution in [0.1, 0.15) is 103 Å². The topological polar surface area (TPSA) is 291 Å². The maximum absolute atomic E-state index is 13.4. The highest BCUT2D eigenvalue weighted by atomic mass is 19.4.